The van der Waals surface area contributed by atoms with Gasteiger partial charge in [0.1, 0.15) is 5.69 Å². The van der Waals surface area contributed by atoms with Gasteiger partial charge < -0.3 is 4.90 Å². The molecule has 1 aromatic heterocycles. The van der Waals surface area contributed by atoms with Crippen LogP contribution in [-0.4, -0.2) is 33.9 Å². The van der Waals surface area contributed by atoms with Crippen molar-refractivity contribution in [3.8, 4) is 0 Å². The Bertz CT molecular complexity index is 585. The standard InChI is InChI=1S/C17H19N3O/c21-17(16-12-18-9-10-19-16)20-11-5-4-8-15(13-20)14-6-2-1-3-7-14/h1-3,6-7,9-10,12,15H,4-5,8,11,13H2. The molecule has 1 atom stereocenters. The maximum Gasteiger partial charge on any atom is 0.274 e. The van der Waals surface area contributed by atoms with E-state index in [1.165, 1.54) is 5.56 Å². The van der Waals surface area contributed by atoms with Gasteiger partial charge in [0.15, 0.2) is 0 Å². The fraction of sp³-hybridized carbons (Fsp3) is 0.353. The smallest absolute Gasteiger partial charge is 0.274 e. The third-order valence-electron chi connectivity index (χ3n) is 4.01. The van der Waals surface area contributed by atoms with Gasteiger partial charge in [-0.15, -0.1) is 0 Å². The largest absolute Gasteiger partial charge is 0.337 e. The predicted molar refractivity (Wildman–Crippen MR) is 81.0 cm³/mol. The Labute approximate surface area is 124 Å². The van der Waals surface area contributed by atoms with E-state index in [-0.39, 0.29) is 5.91 Å². The van der Waals surface area contributed by atoms with Crippen molar-refractivity contribution in [2.75, 3.05) is 13.1 Å². The van der Waals surface area contributed by atoms with Crippen molar-refractivity contribution >= 4 is 5.91 Å². The zero-order valence-electron chi connectivity index (χ0n) is 12.0. The van der Waals surface area contributed by atoms with E-state index in [1.54, 1.807) is 18.6 Å². The second kappa shape index (κ2) is 6.48. The molecule has 0 bridgehead atoms. The van der Waals surface area contributed by atoms with Gasteiger partial charge in [0.05, 0.1) is 6.20 Å². The molecule has 0 aliphatic carbocycles. The number of rotatable bonds is 2. The van der Waals surface area contributed by atoms with Crippen LogP contribution in [0, 0.1) is 0 Å². The molecule has 1 aliphatic rings. The molecule has 1 fully saturated rings. The van der Waals surface area contributed by atoms with Gasteiger partial charge in [0, 0.05) is 31.4 Å². The van der Waals surface area contributed by atoms with Crippen LogP contribution < -0.4 is 0 Å². The number of carbonyl (C=O) groups excluding carboxylic acids is 1. The molecule has 3 rings (SSSR count). The Kier molecular flexibility index (Phi) is 4.24. The minimum Gasteiger partial charge on any atom is -0.337 e. The van der Waals surface area contributed by atoms with Crippen molar-refractivity contribution in [3.63, 3.8) is 0 Å². The molecule has 0 spiro atoms. The summed E-state index contributed by atoms with van der Waals surface area (Å²) in [5.74, 6) is 0.403. The Morgan fingerprint density at radius 1 is 1.14 bits per heavy atom. The number of hydrogen-bond donors (Lipinski definition) is 0. The Morgan fingerprint density at radius 2 is 2.00 bits per heavy atom. The number of hydrogen-bond acceptors (Lipinski definition) is 3. The van der Waals surface area contributed by atoms with Crippen molar-refractivity contribution in [2.24, 2.45) is 0 Å². The van der Waals surface area contributed by atoms with Gasteiger partial charge >= 0.3 is 0 Å². The first kappa shape index (κ1) is 13.7. The lowest BCUT2D eigenvalue weighted by atomic mass is 9.94. The molecule has 1 aliphatic heterocycles. The Balaban J connectivity index is 1.78. The number of benzene rings is 1. The van der Waals surface area contributed by atoms with Crippen LogP contribution in [0.2, 0.25) is 0 Å². The molecule has 2 heterocycles. The first-order chi connectivity index (χ1) is 10.3. The molecule has 1 saturated heterocycles. The van der Waals surface area contributed by atoms with Crippen LogP contribution >= 0.6 is 0 Å². The topological polar surface area (TPSA) is 46.1 Å². The second-order valence-corrected chi connectivity index (χ2v) is 5.45. The van der Waals surface area contributed by atoms with E-state index in [4.69, 9.17) is 0 Å². The van der Waals surface area contributed by atoms with Crippen molar-refractivity contribution in [1.29, 1.82) is 0 Å². The fourth-order valence-corrected chi connectivity index (χ4v) is 2.90. The van der Waals surface area contributed by atoms with Gasteiger partial charge in [-0.05, 0) is 18.4 Å². The van der Waals surface area contributed by atoms with Crippen LogP contribution in [0.3, 0.4) is 0 Å². The molecule has 1 aromatic carbocycles. The van der Waals surface area contributed by atoms with Crippen LogP contribution in [0.4, 0.5) is 0 Å². The van der Waals surface area contributed by atoms with E-state index in [9.17, 15) is 4.79 Å². The molecule has 2 aromatic rings. The summed E-state index contributed by atoms with van der Waals surface area (Å²) in [6, 6.07) is 10.5. The van der Waals surface area contributed by atoms with Crippen LogP contribution in [-0.2, 0) is 0 Å². The van der Waals surface area contributed by atoms with Gasteiger partial charge in [0.25, 0.3) is 5.91 Å². The van der Waals surface area contributed by atoms with E-state index >= 15 is 0 Å². The normalized spacial score (nSPS) is 19.0. The summed E-state index contributed by atoms with van der Waals surface area (Å²) in [5, 5.41) is 0. The summed E-state index contributed by atoms with van der Waals surface area (Å²) in [6.07, 6.45) is 8.05. The van der Waals surface area contributed by atoms with Crippen LogP contribution in [0.25, 0.3) is 0 Å². The zero-order valence-corrected chi connectivity index (χ0v) is 12.0. The second-order valence-electron chi connectivity index (χ2n) is 5.45. The summed E-state index contributed by atoms with van der Waals surface area (Å²) in [6.45, 7) is 1.57. The van der Waals surface area contributed by atoms with Gasteiger partial charge in [-0.3, -0.25) is 9.78 Å². The van der Waals surface area contributed by atoms with E-state index in [0.29, 0.717) is 11.6 Å². The average Bonchev–Trinajstić information content (AvgIpc) is 2.82. The van der Waals surface area contributed by atoms with E-state index < -0.39 is 0 Å². The lowest BCUT2D eigenvalue weighted by molar-refractivity contribution is 0.0748. The minimum atomic E-state index is -0.00840. The van der Waals surface area contributed by atoms with Crippen molar-refractivity contribution in [1.82, 2.24) is 14.9 Å². The lowest BCUT2D eigenvalue weighted by Crippen LogP contribution is -2.34. The number of nitrogens with zero attached hydrogens (tertiary/aromatic N) is 3. The summed E-state index contributed by atoms with van der Waals surface area (Å²) >= 11 is 0. The third-order valence-corrected chi connectivity index (χ3v) is 4.01. The van der Waals surface area contributed by atoms with E-state index in [2.05, 4.69) is 34.2 Å². The first-order valence-corrected chi connectivity index (χ1v) is 7.45. The van der Waals surface area contributed by atoms with Crippen LogP contribution in [0.5, 0.6) is 0 Å². The number of amides is 1. The molecular weight excluding hydrogens is 262 g/mol. The van der Waals surface area contributed by atoms with Crippen molar-refractivity contribution < 1.29 is 4.79 Å². The van der Waals surface area contributed by atoms with Gasteiger partial charge in [0.2, 0.25) is 0 Å². The molecule has 4 nitrogen and oxygen atoms in total. The predicted octanol–water partition coefficient (Wildman–Crippen LogP) is 2.89. The minimum absolute atomic E-state index is 0.00840. The maximum atomic E-state index is 12.6. The Hall–Kier alpha value is -2.23. The monoisotopic (exact) mass is 281 g/mol. The molecule has 4 heteroatoms. The molecule has 21 heavy (non-hydrogen) atoms. The van der Waals surface area contributed by atoms with Gasteiger partial charge in [-0.25, -0.2) is 4.98 Å². The summed E-state index contributed by atoms with van der Waals surface area (Å²) in [7, 11) is 0. The van der Waals surface area contributed by atoms with Gasteiger partial charge in [-0.2, -0.15) is 0 Å². The molecular formula is C17H19N3O. The molecule has 0 saturated carbocycles. The number of aromatic nitrogens is 2. The van der Waals surface area contributed by atoms with E-state index in [1.807, 2.05) is 11.0 Å². The highest BCUT2D eigenvalue weighted by Crippen LogP contribution is 2.26. The van der Waals surface area contributed by atoms with Crippen LogP contribution in [0.15, 0.2) is 48.9 Å². The SMILES string of the molecule is O=C(c1cnccn1)N1CCCCC(c2ccccc2)C1. The zero-order chi connectivity index (χ0) is 14.5. The number of likely N-dealkylation sites (tertiary alicyclic amines) is 1. The molecule has 1 amide bonds. The highest BCUT2D eigenvalue weighted by molar-refractivity contribution is 5.92. The maximum absolute atomic E-state index is 12.6. The fourth-order valence-electron chi connectivity index (χ4n) is 2.90. The van der Waals surface area contributed by atoms with Crippen LogP contribution in [0.1, 0.15) is 41.2 Å². The molecule has 0 radical (unpaired) electrons. The quantitative estimate of drug-likeness (QED) is 0.850. The van der Waals surface area contributed by atoms with Crippen molar-refractivity contribution in [2.45, 2.75) is 25.2 Å². The van der Waals surface area contributed by atoms with E-state index in [0.717, 1.165) is 32.4 Å². The average molecular weight is 281 g/mol. The Morgan fingerprint density at radius 3 is 2.76 bits per heavy atom. The van der Waals surface area contributed by atoms with Crippen molar-refractivity contribution in [3.05, 3.63) is 60.2 Å². The first-order valence-electron chi connectivity index (χ1n) is 7.45. The number of carbonyl (C=O) groups is 1. The molecule has 0 N–H and O–H groups in total. The highest BCUT2D eigenvalue weighted by atomic mass is 16.2. The molecule has 1 unspecified atom stereocenters. The third kappa shape index (κ3) is 3.27. The van der Waals surface area contributed by atoms with Gasteiger partial charge in [-0.1, -0.05) is 36.8 Å². The summed E-state index contributed by atoms with van der Waals surface area (Å²) < 4.78 is 0. The molecule has 108 valence electrons. The summed E-state index contributed by atoms with van der Waals surface area (Å²) in [5.41, 5.74) is 1.75. The lowest BCUT2D eigenvalue weighted by Gasteiger charge is -2.24. The summed E-state index contributed by atoms with van der Waals surface area (Å²) in [4.78, 5) is 22.6. The highest BCUT2D eigenvalue weighted by Gasteiger charge is 2.24.